The summed E-state index contributed by atoms with van der Waals surface area (Å²) in [5.74, 6) is 0. The fourth-order valence-corrected chi connectivity index (χ4v) is 1.16. The molecule has 6 nitrogen and oxygen atoms in total. The summed E-state index contributed by atoms with van der Waals surface area (Å²) < 4.78 is -1.40. The molecule has 0 rings (SSSR count). The van der Waals surface area contributed by atoms with Gasteiger partial charge in [-0.25, -0.2) is 0 Å². The number of nitrogens with zero attached hydrogens (tertiary/aromatic N) is 2. The van der Waals surface area contributed by atoms with Crippen LogP contribution in [-0.4, -0.2) is 20.3 Å². The molecular weight excluding hydrogens is 232 g/mol. The Hall–Kier alpha value is -0.720. The molecule has 0 saturated carbocycles. The minimum absolute atomic E-state index is 0.132. The van der Waals surface area contributed by atoms with Gasteiger partial charge < -0.3 is 0 Å². The predicted octanol–water partition coefficient (Wildman–Crippen LogP) is 1.43. The minimum Gasteiger partial charge on any atom is -0.264 e. The maximum absolute atomic E-state index is 10.3. The summed E-state index contributed by atoms with van der Waals surface area (Å²) in [6.07, 6.45) is -0.132. The van der Waals surface area contributed by atoms with Crippen molar-refractivity contribution in [2.75, 3.05) is 0 Å². The summed E-state index contributed by atoms with van der Waals surface area (Å²) in [5.41, 5.74) is 0. The zero-order valence-corrected chi connectivity index (χ0v) is 8.28. The quantitative estimate of drug-likeness (QED) is 0.322. The Balaban J connectivity index is 4.24. The molecule has 0 N–H and O–H groups in total. The van der Waals surface area contributed by atoms with E-state index in [2.05, 4.69) is 15.9 Å². The summed E-state index contributed by atoms with van der Waals surface area (Å²) in [7, 11) is 0. The second-order valence-electron chi connectivity index (χ2n) is 2.74. The van der Waals surface area contributed by atoms with E-state index in [1.165, 1.54) is 13.8 Å². The molecule has 0 aromatic carbocycles. The van der Waals surface area contributed by atoms with Crippen molar-refractivity contribution in [3.63, 3.8) is 0 Å². The molecule has 0 amide bonds. The third-order valence-corrected chi connectivity index (χ3v) is 2.02. The molecule has 1 unspecified atom stereocenters. The normalized spacial score (nSPS) is 17.9. The third-order valence-electron chi connectivity index (χ3n) is 1.41. The lowest BCUT2D eigenvalue weighted by atomic mass is 10.1. The van der Waals surface area contributed by atoms with Crippen LogP contribution < -0.4 is 0 Å². The summed E-state index contributed by atoms with van der Waals surface area (Å²) in [6, 6.07) is -0.917. The zero-order chi connectivity index (χ0) is 9.94. The van der Waals surface area contributed by atoms with E-state index in [4.69, 9.17) is 0 Å². The largest absolute Gasteiger partial charge is 0.278 e. The fraction of sp³-hybridized carbons (Fsp3) is 1.00. The fourth-order valence-electron chi connectivity index (χ4n) is 0.688. The van der Waals surface area contributed by atoms with Gasteiger partial charge in [-0.1, -0.05) is 0 Å². The monoisotopic (exact) mass is 240 g/mol. The van der Waals surface area contributed by atoms with Crippen LogP contribution in [0.25, 0.3) is 0 Å². The molecule has 2 atom stereocenters. The second kappa shape index (κ2) is 3.79. The Labute approximate surface area is 77.4 Å². The highest BCUT2D eigenvalue weighted by Gasteiger charge is 2.39. The lowest BCUT2D eigenvalue weighted by Crippen LogP contribution is -2.33. The van der Waals surface area contributed by atoms with Crippen LogP contribution in [0.1, 0.15) is 20.3 Å². The van der Waals surface area contributed by atoms with Gasteiger partial charge in [0.1, 0.15) is 0 Å². The van der Waals surface area contributed by atoms with E-state index < -0.39 is 20.3 Å². The Morgan fingerprint density at radius 3 is 2.17 bits per heavy atom. The molecule has 7 heteroatoms. The molecular formula is C5H9BrN2O4. The van der Waals surface area contributed by atoms with Gasteiger partial charge in [0, 0.05) is 39.6 Å². The molecule has 0 aliphatic heterocycles. The van der Waals surface area contributed by atoms with Crippen molar-refractivity contribution in [2.24, 2.45) is 0 Å². The summed E-state index contributed by atoms with van der Waals surface area (Å²) in [6.45, 7) is 2.63. The van der Waals surface area contributed by atoms with Crippen molar-refractivity contribution in [3.8, 4) is 0 Å². The smallest absolute Gasteiger partial charge is 0.264 e. The highest BCUT2D eigenvalue weighted by Crippen LogP contribution is 2.24. The lowest BCUT2D eigenvalue weighted by molar-refractivity contribution is -0.563. The van der Waals surface area contributed by atoms with E-state index in [1.54, 1.807) is 0 Å². The first-order valence-corrected chi connectivity index (χ1v) is 4.03. The Morgan fingerprint density at radius 2 is 1.92 bits per heavy atom. The molecule has 0 aliphatic carbocycles. The second-order valence-corrected chi connectivity index (χ2v) is 4.45. The third kappa shape index (κ3) is 3.12. The van der Waals surface area contributed by atoms with Gasteiger partial charge in [0.25, 0.3) is 4.45 Å². The van der Waals surface area contributed by atoms with Crippen LogP contribution in [-0.2, 0) is 0 Å². The summed E-state index contributed by atoms with van der Waals surface area (Å²) >= 11 is 2.81. The molecule has 0 aliphatic rings. The Bertz CT molecular complexity index is 206. The van der Waals surface area contributed by atoms with E-state index in [0.717, 1.165) is 0 Å². The Kier molecular flexibility index (Phi) is 3.56. The van der Waals surface area contributed by atoms with E-state index >= 15 is 0 Å². The summed E-state index contributed by atoms with van der Waals surface area (Å²) in [4.78, 5) is 19.4. The molecule has 0 spiro atoms. The van der Waals surface area contributed by atoms with Crippen LogP contribution in [0.2, 0.25) is 0 Å². The van der Waals surface area contributed by atoms with Gasteiger partial charge in [0.2, 0.25) is 6.04 Å². The first kappa shape index (κ1) is 11.3. The molecule has 0 heterocycles. The predicted molar refractivity (Wildman–Crippen MR) is 45.4 cm³/mol. The number of halogens is 1. The van der Waals surface area contributed by atoms with Crippen LogP contribution in [0.15, 0.2) is 0 Å². The maximum atomic E-state index is 10.3. The van der Waals surface area contributed by atoms with Crippen molar-refractivity contribution >= 4 is 15.9 Å². The number of hydrogen-bond donors (Lipinski definition) is 0. The van der Waals surface area contributed by atoms with Gasteiger partial charge in [-0.2, -0.15) is 0 Å². The van der Waals surface area contributed by atoms with Crippen molar-refractivity contribution in [3.05, 3.63) is 20.2 Å². The number of hydrogen-bond acceptors (Lipinski definition) is 4. The highest BCUT2D eigenvalue weighted by atomic mass is 79.9. The van der Waals surface area contributed by atoms with Crippen molar-refractivity contribution in [1.29, 1.82) is 0 Å². The first-order chi connectivity index (χ1) is 5.27. The van der Waals surface area contributed by atoms with Crippen LogP contribution >= 0.6 is 15.9 Å². The van der Waals surface area contributed by atoms with Gasteiger partial charge in [0.15, 0.2) is 0 Å². The van der Waals surface area contributed by atoms with E-state index in [0.29, 0.717) is 0 Å². The van der Waals surface area contributed by atoms with Gasteiger partial charge in [-0.3, -0.25) is 20.2 Å². The number of rotatable bonds is 4. The van der Waals surface area contributed by atoms with Crippen LogP contribution in [0.3, 0.4) is 0 Å². The van der Waals surface area contributed by atoms with Crippen LogP contribution in [0.4, 0.5) is 0 Å². The SMILES string of the molecule is C[C@H](CC(C)(Br)[N+](=O)[O-])[N+](=O)[O-]. The standard InChI is InChI=1S/C5H9BrN2O4/c1-4(7(9)10)3-5(2,6)8(11)12/h4H,3H2,1-2H3/t4-,5?/m1/s1. The zero-order valence-electron chi connectivity index (χ0n) is 6.69. The molecule has 0 aromatic rings. The average molecular weight is 241 g/mol. The molecule has 0 saturated heterocycles. The first-order valence-electron chi connectivity index (χ1n) is 3.24. The van der Waals surface area contributed by atoms with Crippen molar-refractivity contribution in [1.82, 2.24) is 0 Å². The van der Waals surface area contributed by atoms with Crippen LogP contribution in [0, 0.1) is 20.2 Å². The Morgan fingerprint density at radius 1 is 1.50 bits per heavy atom. The average Bonchev–Trinajstić information content (AvgIpc) is 1.85. The molecule has 0 fully saturated rings. The van der Waals surface area contributed by atoms with Crippen molar-refractivity contribution < 1.29 is 9.85 Å². The van der Waals surface area contributed by atoms with Gasteiger partial charge >= 0.3 is 0 Å². The van der Waals surface area contributed by atoms with Gasteiger partial charge in [-0.05, 0) is 0 Å². The topological polar surface area (TPSA) is 86.3 Å². The van der Waals surface area contributed by atoms with E-state index in [1.807, 2.05) is 0 Å². The lowest BCUT2D eigenvalue weighted by Gasteiger charge is -2.13. The van der Waals surface area contributed by atoms with Crippen molar-refractivity contribution in [2.45, 2.75) is 30.8 Å². The molecule has 12 heavy (non-hydrogen) atoms. The summed E-state index contributed by atoms with van der Waals surface area (Å²) in [5, 5.41) is 20.5. The van der Waals surface area contributed by atoms with Gasteiger partial charge in [-0.15, -0.1) is 0 Å². The number of alkyl halides is 1. The molecule has 0 radical (unpaired) electrons. The van der Waals surface area contributed by atoms with E-state index in [-0.39, 0.29) is 6.42 Å². The molecule has 0 aromatic heterocycles. The van der Waals surface area contributed by atoms with E-state index in [9.17, 15) is 20.2 Å². The maximum Gasteiger partial charge on any atom is 0.278 e. The van der Waals surface area contributed by atoms with Crippen LogP contribution in [0.5, 0.6) is 0 Å². The van der Waals surface area contributed by atoms with Gasteiger partial charge in [0.05, 0.1) is 6.42 Å². The number of nitro groups is 2. The minimum atomic E-state index is -1.40. The molecule has 70 valence electrons. The molecule has 0 bridgehead atoms. The highest BCUT2D eigenvalue weighted by molar-refractivity contribution is 9.10.